The molecule has 5 heterocycles. The lowest BCUT2D eigenvalue weighted by atomic mass is 9.91. The molecular formula is C22H23ClN4O5. The van der Waals surface area contributed by atoms with Crippen LogP contribution in [-0.4, -0.2) is 50.0 Å². The van der Waals surface area contributed by atoms with Gasteiger partial charge in [0.1, 0.15) is 42.2 Å². The number of halogens is 1. The zero-order chi connectivity index (χ0) is 22.2. The highest BCUT2D eigenvalue weighted by Gasteiger charge is 2.59. The van der Waals surface area contributed by atoms with Gasteiger partial charge < -0.3 is 34.4 Å². The number of nitrogen functional groups attached to an aromatic ring is 1. The van der Waals surface area contributed by atoms with E-state index in [0.29, 0.717) is 22.9 Å². The second-order valence-electron chi connectivity index (χ2n) is 8.83. The molecule has 10 heteroatoms. The highest BCUT2D eigenvalue weighted by molar-refractivity contribution is 6.30. The highest BCUT2D eigenvalue weighted by Crippen LogP contribution is 2.49. The predicted molar refractivity (Wildman–Crippen MR) is 115 cm³/mol. The maximum Gasteiger partial charge on any atom is 0.164 e. The number of aliphatic hydroxyl groups is 1. The smallest absolute Gasteiger partial charge is 0.164 e. The molecule has 2 saturated heterocycles. The van der Waals surface area contributed by atoms with Crippen LogP contribution >= 0.6 is 11.6 Å². The SMILES string of the molecule is CC1(C)O[C@@H]2[C@H](O1)[C@@H](C1OC(O)Cc3cc(Cl)ccc31)O[C@H]2n1ccc2c(N)ncnc21. The number of rotatable bonds is 2. The van der Waals surface area contributed by atoms with Gasteiger partial charge in [-0.25, -0.2) is 9.97 Å². The summed E-state index contributed by atoms with van der Waals surface area (Å²) in [6.45, 7) is 3.75. The molecule has 0 spiro atoms. The summed E-state index contributed by atoms with van der Waals surface area (Å²) in [5.41, 5.74) is 8.51. The van der Waals surface area contributed by atoms with E-state index in [2.05, 4.69) is 9.97 Å². The molecule has 3 aliphatic rings. The van der Waals surface area contributed by atoms with Crippen molar-refractivity contribution in [2.75, 3.05) is 5.73 Å². The molecule has 1 aromatic carbocycles. The van der Waals surface area contributed by atoms with Gasteiger partial charge in [-0.1, -0.05) is 17.7 Å². The Morgan fingerprint density at radius 3 is 2.78 bits per heavy atom. The Bertz CT molecular complexity index is 1200. The molecule has 3 N–H and O–H groups in total. The van der Waals surface area contributed by atoms with E-state index in [0.717, 1.165) is 16.5 Å². The first kappa shape index (κ1) is 20.3. The van der Waals surface area contributed by atoms with E-state index in [-0.39, 0.29) is 0 Å². The van der Waals surface area contributed by atoms with Crippen LogP contribution in [0.25, 0.3) is 11.0 Å². The van der Waals surface area contributed by atoms with Crippen molar-refractivity contribution in [1.29, 1.82) is 0 Å². The first-order chi connectivity index (χ1) is 15.3. The average Bonchev–Trinajstić information content (AvgIpc) is 3.38. The molecule has 32 heavy (non-hydrogen) atoms. The van der Waals surface area contributed by atoms with Gasteiger partial charge in [0.25, 0.3) is 0 Å². The summed E-state index contributed by atoms with van der Waals surface area (Å²) >= 11 is 6.19. The number of aromatic nitrogens is 3. The second kappa shape index (κ2) is 7.11. The van der Waals surface area contributed by atoms with Crippen LogP contribution in [0, 0.1) is 0 Å². The van der Waals surface area contributed by atoms with Crippen LogP contribution in [0.3, 0.4) is 0 Å². The lowest BCUT2D eigenvalue weighted by Crippen LogP contribution is -2.39. The van der Waals surface area contributed by atoms with Crippen molar-refractivity contribution in [2.24, 2.45) is 0 Å². The van der Waals surface area contributed by atoms with Gasteiger partial charge in [0.2, 0.25) is 0 Å². The van der Waals surface area contributed by atoms with Crippen molar-refractivity contribution in [3.8, 4) is 0 Å². The van der Waals surface area contributed by atoms with Gasteiger partial charge in [-0.3, -0.25) is 0 Å². The molecule has 168 valence electrons. The average molecular weight is 459 g/mol. The fourth-order valence-corrected chi connectivity index (χ4v) is 5.23. The summed E-state index contributed by atoms with van der Waals surface area (Å²) in [6, 6.07) is 7.44. The molecule has 3 aliphatic heterocycles. The summed E-state index contributed by atoms with van der Waals surface area (Å²) in [5.74, 6) is -0.406. The van der Waals surface area contributed by atoms with Crippen molar-refractivity contribution >= 4 is 28.5 Å². The topological polar surface area (TPSA) is 114 Å². The maximum atomic E-state index is 10.4. The number of hydrogen-bond acceptors (Lipinski definition) is 8. The van der Waals surface area contributed by atoms with Crippen LogP contribution in [0.1, 0.15) is 37.3 Å². The molecule has 0 bridgehead atoms. The number of ether oxygens (including phenoxy) is 4. The summed E-state index contributed by atoms with van der Waals surface area (Å²) in [7, 11) is 0. The fraction of sp³-hybridized carbons (Fsp3) is 0.455. The predicted octanol–water partition coefficient (Wildman–Crippen LogP) is 2.72. The molecule has 3 aromatic rings. The molecule has 0 amide bonds. The number of anilines is 1. The minimum absolute atomic E-state index is 0.359. The van der Waals surface area contributed by atoms with Crippen LogP contribution in [0.5, 0.6) is 0 Å². The zero-order valence-electron chi connectivity index (χ0n) is 17.5. The molecule has 6 rings (SSSR count). The quantitative estimate of drug-likeness (QED) is 0.602. The Hall–Kier alpha value is -2.27. The minimum Gasteiger partial charge on any atom is -0.383 e. The van der Waals surface area contributed by atoms with E-state index in [4.69, 9.17) is 36.3 Å². The minimum atomic E-state index is -0.970. The molecule has 9 nitrogen and oxygen atoms in total. The van der Waals surface area contributed by atoms with Crippen molar-refractivity contribution < 1.29 is 24.1 Å². The van der Waals surface area contributed by atoms with Crippen LogP contribution in [0.4, 0.5) is 5.82 Å². The second-order valence-corrected chi connectivity index (χ2v) is 9.27. The lowest BCUT2D eigenvalue weighted by molar-refractivity contribution is -0.232. The molecule has 2 aromatic heterocycles. The number of benzene rings is 1. The first-order valence-electron chi connectivity index (χ1n) is 10.5. The zero-order valence-corrected chi connectivity index (χ0v) is 18.3. The summed E-state index contributed by atoms with van der Waals surface area (Å²) in [5, 5.41) is 11.8. The van der Waals surface area contributed by atoms with Crippen LogP contribution in [0.15, 0.2) is 36.8 Å². The van der Waals surface area contributed by atoms with Crippen LogP contribution < -0.4 is 5.73 Å². The van der Waals surface area contributed by atoms with Crippen LogP contribution in [-0.2, 0) is 25.4 Å². The summed E-state index contributed by atoms with van der Waals surface area (Å²) < 4.78 is 26.9. The third kappa shape index (κ3) is 3.12. The molecule has 0 aliphatic carbocycles. The summed E-state index contributed by atoms with van der Waals surface area (Å²) in [4.78, 5) is 8.47. The van der Waals surface area contributed by atoms with Crippen molar-refractivity contribution in [3.05, 3.63) is 52.9 Å². The molecule has 2 fully saturated rings. The van der Waals surface area contributed by atoms with E-state index >= 15 is 0 Å². The van der Waals surface area contributed by atoms with E-state index in [1.54, 1.807) is 0 Å². The number of nitrogens with two attached hydrogens (primary N) is 1. The van der Waals surface area contributed by atoms with E-state index < -0.39 is 42.7 Å². The first-order valence-corrected chi connectivity index (χ1v) is 10.9. The number of fused-ring (bicyclic) bond motifs is 3. The Morgan fingerprint density at radius 1 is 1.12 bits per heavy atom. The standard InChI is InChI=1S/C22H23ClN4O5/c1-22(2)31-17-16(15-12-4-3-11(23)7-10(12)8-14(28)29-15)30-21(18(17)32-22)27-6-5-13-19(24)25-9-26-20(13)27/h3-7,9,14-18,21,28H,8H2,1-2H3,(H2,24,25,26)/t14?,15?,16-,17-,18-,21-/m1/s1. The van der Waals surface area contributed by atoms with Gasteiger partial charge in [0.15, 0.2) is 18.3 Å². The van der Waals surface area contributed by atoms with Crippen molar-refractivity contribution in [3.63, 3.8) is 0 Å². The highest BCUT2D eigenvalue weighted by atomic mass is 35.5. The van der Waals surface area contributed by atoms with E-state index in [1.165, 1.54) is 6.33 Å². The molecule has 2 unspecified atom stereocenters. The van der Waals surface area contributed by atoms with Gasteiger partial charge in [0, 0.05) is 17.6 Å². The Labute approximate surface area is 189 Å². The van der Waals surface area contributed by atoms with Gasteiger partial charge >= 0.3 is 0 Å². The van der Waals surface area contributed by atoms with Gasteiger partial charge in [-0.05, 0) is 43.2 Å². The fourth-order valence-electron chi connectivity index (χ4n) is 5.03. The Morgan fingerprint density at radius 2 is 1.94 bits per heavy atom. The van der Waals surface area contributed by atoms with Gasteiger partial charge in [-0.2, -0.15) is 0 Å². The number of aliphatic hydroxyl groups excluding tert-OH is 1. The molecule has 0 saturated carbocycles. The van der Waals surface area contributed by atoms with Gasteiger partial charge in [0.05, 0.1) is 5.39 Å². The van der Waals surface area contributed by atoms with Crippen molar-refractivity contribution in [2.45, 2.75) is 63.0 Å². The van der Waals surface area contributed by atoms with Crippen LogP contribution in [0.2, 0.25) is 5.02 Å². The number of nitrogens with zero attached hydrogens (tertiary/aromatic N) is 3. The monoisotopic (exact) mass is 458 g/mol. The summed E-state index contributed by atoms with van der Waals surface area (Å²) in [6.07, 6.45) is 0.219. The Balaban J connectivity index is 1.43. The normalized spacial score (nSPS) is 33.4. The third-order valence-corrected chi connectivity index (χ3v) is 6.52. The van der Waals surface area contributed by atoms with Crippen molar-refractivity contribution in [1.82, 2.24) is 14.5 Å². The number of hydrogen-bond donors (Lipinski definition) is 2. The molecular weight excluding hydrogens is 436 g/mol. The molecule has 0 radical (unpaired) electrons. The van der Waals surface area contributed by atoms with E-state index in [1.807, 2.05) is 48.9 Å². The maximum absolute atomic E-state index is 10.4. The lowest BCUT2D eigenvalue weighted by Gasteiger charge is -2.35. The molecule has 6 atom stereocenters. The Kier molecular flexibility index (Phi) is 4.52. The van der Waals surface area contributed by atoms with Gasteiger partial charge in [-0.15, -0.1) is 0 Å². The van der Waals surface area contributed by atoms with E-state index in [9.17, 15) is 5.11 Å². The third-order valence-electron chi connectivity index (χ3n) is 6.29. The largest absolute Gasteiger partial charge is 0.383 e.